The standard InChI is InChI=1S/C17H25ClO4S/c1-6-14(11-17(4,13(3)18)16(19)22-5)23(20,21)15-9-7-12(2)8-10-15/h7-10,13-14H,6,11H2,1-5H3. The monoisotopic (exact) mass is 360 g/mol. The van der Waals surface area contributed by atoms with Crippen LogP contribution < -0.4 is 0 Å². The topological polar surface area (TPSA) is 60.4 Å². The fraction of sp³-hybridized carbons (Fsp3) is 0.588. The van der Waals surface area contributed by atoms with E-state index >= 15 is 0 Å². The highest BCUT2D eigenvalue weighted by atomic mass is 35.5. The van der Waals surface area contributed by atoms with E-state index in [9.17, 15) is 13.2 Å². The van der Waals surface area contributed by atoms with E-state index in [1.54, 1.807) is 45.0 Å². The van der Waals surface area contributed by atoms with Crippen LogP contribution in [-0.2, 0) is 19.4 Å². The molecule has 0 N–H and O–H groups in total. The second-order valence-corrected chi connectivity index (χ2v) is 9.00. The van der Waals surface area contributed by atoms with E-state index in [2.05, 4.69) is 0 Å². The first kappa shape index (κ1) is 20.0. The molecule has 0 aromatic heterocycles. The second-order valence-electron chi connectivity index (χ2n) is 6.12. The first-order chi connectivity index (χ1) is 10.6. The van der Waals surface area contributed by atoms with E-state index in [1.807, 2.05) is 6.92 Å². The molecule has 0 saturated heterocycles. The third-order valence-corrected chi connectivity index (χ3v) is 7.21. The average molecular weight is 361 g/mol. The van der Waals surface area contributed by atoms with Gasteiger partial charge < -0.3 is 4.74 Å². The molecule has 4 nitrogen and oxygen atoms in total. The van der Waals surface area contributed by atoms with Gasteiger partial charge in [-0.1, -0.05) is 24.6 Å². The molecule has 1 aromatic rings. The highest BCUT2D eigenvalue weighted by Gasteiger charge is 2.44. The smallest absolute Gasteiger partial charge is 0.313 e. The van der Waals surface area contributed by atoms with Crippen LogP contribution in [-0.4, -0.2) is 32.1 Å². The summed E-state index contributed by atoms with van der Waals surface area (Å²) in [5.41, 5.74) is -0.0693. The maximum atomic E-state index is 12.9. The van der Waals surface area contributed by atoms with Crippen LogP contribution in [0.5, 0.6) is 0 Å². The summed E-state index contributed by atoms with van der Waals surface area (Å²) in [6.07, 6.45) is 0.517. The minimum atomic E-state index is -3.54. The zero-order valence-corrected chi connectivity index (χ0v) is 15.9. The fourth-order valence-electron chi connectivity index (χ4n) is 2.51. The van der Waals surface area contributed by atoms with Gasteiger partial charge >= 0.3 is 5.97 Å². The van der Waals surface area contributed by atoms with Crippen molar-refractivity contribution in [2.45, 2.75) is 56.1 Å². The lowest BCUT2D eigenvalue weighted by atomic mass is 9.82. The van der Waals surface area contributed by atoms with Gasteiger partial charge in [-0.2, -0.15) is 0 Å². The Hall–Kier alpha value is -1.07. The molecule has 0 amide bonds. The molecule has 0 aliphatic carbocycles. The third kappa shape index (κ3) is 4.27. The van der Waals surface area contributed by atoms with Gasteiger partial charge in [0, 0.05) is 5.38 Å². The highest BCUT2D eigenvalue weighted by Crippen LogP contribution is 2.37. The molecule has 1 rings (SSSR count). The summed E-state index contributed by atoms with van der Waals surface area (Å²) in [4.78, 5) is 12.4. The SMILES string of the molecule is CCC(CC(C)(C(=O)OC)C(C)Cl)S(=O)(=O)c1ccc(C)cc1. The Balaban J connectivity index is 3.21. The Morgan fingerprint density at radius 1 is 1.30 bits per heavy atom. The molecular weight excluding hydrogens is 336 g/mol. The maximum Gasteiger partial charge on any atom is 0.313 e. The number of carbonyl (C=O) groups is 1. The number of sulfone groups is 1. The molecule has 1 aromatic carbocycles. The summed E-state index contributed by atoms with van der Waals surface area (Å²) < 4.78 is 30.6. The van der Waals surface area contributed by atoms with Crippen molar-refractivity contribution in [1.29, 1.82) is 0 Å². The Labute approximate surface area is 144 Å². The molecule has 0 radical (unpaired) electrons. The lowest BCUT2D eigenvalue weighted by molar-refractivity contribution is -0.152. The van der Waals surface area contributed by atoms with Crippen LogP contribution in [0.4, 0.5) is 0 Å². The van der Waals surface area contributed by atoms with Crippen molar-refractivity contribution >= 4 is 27.4 Å². The maximum absolute atomic E-state index is 12.9. The van der Waals surface area contributed by atoms with Gasteiger partial charge in [0.25, 0.3) is 0 Å². The number of esters is 1. The molecule has 6 heteroatoms. The number of hydrogen-bond donors (Lipinski definition) is 0. The largest absolute Gasteiger partial charge is 0.469 e. The molecule has 0 fully saturated rings. The van der Waals surface area contributed by atoms with Gasteiger partial charge in [-0.15, -0.1) is 11.6 Å². The molecule has 0 heterocycles. The fourth-order valence-corrected chi connectivity index (χ4v) is 4.59. The summed E-state index contributed by atoms with van der Waals surface area (Å²) in [7, 11) is -2.26. The highest BCUT2D eigenvalue weighted by molar-refractivity contribution is 7.92. The normalized spacial score (nSPS) is 17.1. The van der Waals surface area contributed by atoms with Gasteiger partial charge in [0.05, 0.1) is 22.7 Å². The first-order valence-electron chi connectivity index (χ1n) is 7.62. The van der Waals surface area contributed by atoms with Gasteiger partial charge in [0.1, 0.15) is 0 Å². The van der Waals surface area contributed by atoms with Crippen LogP contribution in [0.3, 0.4) is 0 Å². The molecule has 3 atom stereocenters. The summed E-state index contributed by atoms with van der Waals surface area (Å²) in [6, 6.07) is 6.74. The van der Waals surface area contributed by atoms with E-state index in [0.717, 1.165) is 5.56 Å². The number of rotatable bonds is 7. The lowest BCUT2D eigenvalue weighted by Gasteiger charge is -2.32. The number of halogens is 1. The van der Waals surface area contributed by atoms with Crippen molar-refractivity contribution in [2.24, 2.45) is 5.41 Å². The summed E-state index contributed by atoms with van der Waals surface area (Å²) >= 11 is 6.18. The predicted octanol–water partition coefficient (Wildman–Crippen LogP) is 3.74. The van der Waals surface area contributed by atoms with E-state index in [-0.39, 0.29) is 11.3 Å². The molecule has 0 aliphatic heterocycles. The zero-order valence-electron chi connectivity index (χ0n) is 14.3. The third-order valence-electron chi connectivity index (χ3n) is 4.43. The summed E-state index contributed by atoms with van der Waals surface area (Å²) in [6.45, 7) is 7.04. The second kappa shape index (κ2) is 7.67. The van der Waals surface area contributed by atoms with E-state index in [1.165, 1.54) is 7.11 Å². The lowest BCUT2D eigenvalue weighted by Crippen LogP contribution is -2.41. The molecule has 0 aliphatic rings. The number of carbonyl (C=O) groups excluding carboxylic acids is 1. The van der Waals surface area contributed by atoms with Gasteiger partial charge in [-0.3, -0.25) is 4.79 Å². The Morgan fingerprint density at radius 3 is 2.22 bits per heavy atom. The number of methoxy groups -OCH3 is 1. The molecule has 23 heavy (non-hydrogen) atoms. The van der Waals surface area contributed by atoms with Crippen LogP contribution in [0.1, 0.15) is 39.2 Å². The van der Waals surface area contributed by atoms with Crippen molar-refractivity contribution in [3.8, 4) is 0 Å². The van der Waals surface area contributed by atoms with Crippen molar-refractivity contribution in [2.75, 3.05) is 7.11 Å². The number of alkyl halides is 1. The van der Waals surface area contributed by atoms with E-state index < -0.39 is 31.8 Å². The Kier molecular flexibility index (Phi) is 6.66. The van der Waals surface area contributed by atoms with Crippen LogP contribution in [0.15, 0.2) is 29.2 Å². The van der Waals surface area contributed by atoms with Crippen LogP contribution >= 0.6 is 11.6 Å². The molecule has 3 unspecified atom stereocenters. The average Bonchev–Trinajstić information content (AvgIpc) is 2.51. The van der Waals surface area contributed by atoms with Crippen molar-refractivity contribution < 1.29 is 17.9 Å². The minimum absolute atomic E-state index is 0.122. The Morgan fingerprint density at radius 2 is 1.83 bits per heavy atom. The van der Waals surface area contributed by atoms with Crippen LogP contribution in [0.25, 0.3) is 0 Å². The zero-order chi connectivity index (χ0) is 17.8. The van der Waals surface area contributed by atoms with Crippen molar-refractivity contribution in [3.05, 3.63) is 29.8 Å². The Bertz CT molecular complexity index is 637. The molecule has 0 saturated carbocycles. The van der Waals surface area contributed by atoms with Gasteiger partial charge in [0.15, 0.2) is 9.84 Å². The molecular formula is C17H25ClO4S. The van der Waals surface area contributed by atoms with Crippen molar-refractivity contribution in [3.63, 3.8) is 0 Å². The van der Waals surface area contributed by atoms with Gasteiger partial charge in [-0.05, 0) is 45.7 Å². The number of aryl methyl sites for hydroxylation is 1. The van der Waals surface area contributed by atoms with Gasteiger partial charge in [0.2, 0.25) is 0 Å². The van der Waals surface area contributed by atoms with E-state index in [4.69, 9.17) is 16.3 Å². The van der Waals surface area contributed by atoms with Gasteiger partial charge in [-0.25, -0.2) is 8.42 Å². The predicted molar refractivity (Wildman–Crippen MR) is 92.5 cm³/mol. The minimum Gasteiger partial charge on any atom is -0.469 e. The number of benzene rings is 1. The quantitative estimate of drug-likeness (QED) is 0.549. The summed E-state index contributed by atoms with van der Waals surface area (Å²) in [5, 5.41) is -1.24. The molecule has 0 spiro atoms. The first-order valence-corrected chi connectivity index (χ1v) is 9.61. The van der Waals surface area contributed by atoms with E-state index in [0.29, 0.717) is 6.42 Å². The van der Waals surface area contributed by atoms with Crippen LogP contribution in [0, 0.1) is 12.3 Å². The molecule has 0 bridgehead atoms. The molecule has 130 valence electrons. The number of ether oxygens (including phenoxy) is 1. The summed E-state index contributed by atoms with van der Waals surface area (Å²) in [5.74, 6) is -0.488. The van der Waals surface area contributed by atoms with Crippen LogP contribution in [0.2, 0.25) is 0 Å². The van der Waals surface area contributed by atoms with Crippen molar-refractivity contribution in [1.82, 2.24) is 0 Å². The number of hydrogen-bond acceptors (Lipinski definition) is 4.